The minimum Gasteiger partial charge on any atom is -0.389 e. The van der Waals surface area contributed by atoms with Crippen LogP contribution in [0.5, 0.6) is 0 Å². The Morgan fingerprint density at radius 2 is 1.57 bits per heavy atom. The van der Waals surface area contributed by atoms with Crippen LogP contribution in [0, 0.1) is 12.8 Å². The van der Waals surface area contributed by atoms with Gasteiger partial charge in [0.05, 0.1) is 22.6 Å². The summed E-state index contributed by atoms with van der Waals surface area (Å²) in [6, 6.07) is 21.6. The van der Waals surface area contributed by atoms with Gasteiger partial charge in [-0.1, -0.05) is 68.7 Å². The summed E-state index contributed by atoms with van der Waals surface area (Å²) in [4.78, 5) is 23.7. The zero-order valence-electron chi connectivity index (χ0n) is 27.0. The lowest BCUT2D eigenvalue weighted by molar-refractivity contribution is -0.150. The predicted octanol–water partition coefficient (Wildman–Crippen LogP) is 7.18. The second-order valence-electron chi connectivity index (χ2n) is 14.6. The maximum absolute atomic E-state index is 13.9. The molecule has 236 valence electrons. The maximum Gasteiger partial charge on any atom is 0.228 e. The van der Waals surface area contributed by atoms with E-state index in [-0.39, 0.29) is 17.2 Å². The van der Waals surface area contributed by atoms with E-state index in [1.54, 1.807) is 0 Å². The third-order valence-electron chi connectivity index (χ3n) is 12.3. The summed E-state index contributed by atoms with van der Waals surface area (Å²) >= 11 is 0. The molecular weight excluding hydrogens is 544 g/mol. The van der Waals surface area contributed by atoms with Crippen molar-refractivity contribution >= 4 is 16.9 Å². The van der Waals surface area contributed by atoms with E-state index in [2.05, 4.69) is 82.8 Å². The van der Waals surface area contributed by atoms with E-state index in [0.29, 0.717) is 18.1 Å². The van der Waals surface area contributed by atoms with E-state index in [4.69, 9.17) is 4.98 Å². The fraction of sp³-hybridized carbons (Fsp3) is 0.632. The van der Waals surface area contributed by atoms with Gasteiger partial charge in [0.15, 0.2) is 0 Å². The number of carbonyl (C=O) groups excluding carboxylic acids is 1. The zero-order chi connectivity index (χ0) is 30.3. The lowest BCUT2D eigenvalue weighted by atomic mass is 9.69. The minimum atomic E-state index is -0.814. The van der Waals surface area contributed by atoms with Crippen molar-refractivity contribution in [3.05, 3.63) is 66.0 Å². The lowest BCUT2D eigenvalue weighted by Crippen LogP contribution is -2.53. The first-order chi connectivity index (χ1) is 21.4. The van der Waals surface area contributed by atoms with Gasteiger partial charge in [-0.05, 0) is 101 Å². The Hall–Kier alpha value is -2.70. The summed E-state index contributed by atoms with van der Waals surface area (Å²) in [6.45, 7) is 6.98. The van der Waals surface area contributed by atoms with Gasteiger partial charge in [0.2, 0.25) is 5.91 Å². The SMILES string of the molecule is CCC(C(=O)N1CCC(CCN2C3CCC2CC(n2c(C)nc4ccccc42)C3)(c2ccccc2)CC1)C1(O)CCCCC1. The number of aromatic nitrogens is 2. The second kappa shape index (κ2) is 12.2. The molecule has 4 fully saturated rings. The molecule has 3 atom stereocenters. The molecule has 1 aromatic heterocycles. The van der Waals surface area contributed by atoms with Crippen LogP contribution in [0.25, 0.3) is 11.0 Å². The quantitative estimate of drug-likeness (QED) is 0.299. The van der Waals surface area contributed by atoms with E-state index in [9.17, 15) is 9.90 Å². The van der Waals surface area contributed by atoms with Crippen molar-refractivity contribution in [3.63, 3.8) is 0 Å². The number of para-hydroxylation sites is 2. The maximum atomic E-state index is 13.9. The van der Waals surface area contributed by atoms with E-state index in [0.717, 1.165) is 82.3 Å². The highest BCUT2D eigenvalue weighted by molar-refractivity contribution is 5.80. The highest BCUT2D eigenvalue weighted by Crippen LogP contribution is 2.46. The summed E-state index contributed by atoms with van der Waals surface area (Å²) < 4.78 is 2.53. The molecule has 7 rings (SSSR count). The molecule has 1 amide bonds. The van der Waals surface area contributed by atoms with Crippen molar-refractivity contribution in [2.24, 2.45) is 5.92 Å². The standard InChI is InChI=1S/C38H52N4O2/c1-3-33(38(44)18-10-5-11-19-38)36(43)40-23-20-37(21-24-40,29-12-6-4-7-13-29)22-25-41-30-16-17-31(41)27-32(26-30)42-28(2)39-34-14-8-9-15-35(34)42/h4,6-9,12-15,30-33,44H,3,5,10-11,16-27H2,1-2H3. The van der Waals surface area contributed by atoms with Gasteiger partial charge in [-0.3, -0.25) is 9.69 Å². The molecule has 1 N–H and O–H groups in total. The van der Waals surface area contributed by atoms with Crippen LogP contribution in [0.3, 0.4) is 0 Å². The summed E-state index contributed by atoms with van der Waals surface area (Å²) in [5.74, 6) is 1.08. The van der Waals surface area contributed by atoms with Gasteiger partial charge in [-0.15, -0.1) is 0 Å². The number of aliphatic hydroxyl groups is 1. The highest BCUT2D eigenvalue weighted by Gasteiger charge is 2.46. The molecule has 6 heteroatoms. The van der Waals surface area contributed by atoms with Crippen molar-refractivity contribution in [2.45, 2.75) is 126 Å². The first-order valence-electron chi connectivity index (χ1n) is 17.7. The van der Waals surface area contributed by atoms with Gasteiger partial charge < -0.3 is 14.6 Å². The average Bonchev–Trinajstić information content (AvgIpc) is 3.51. The summed E-state index contributed by atoms with van der Waals surface area (Å²) in [7, 11) is 0. The number of likely N-dealkylation sites (tertiary alicyclic amines) is 1. The number of hydrogen-bond donors (Lipinski definition) is 1. The van der Waals surface area contributed by atoms with Gasteiger partial charge in [0, 0.05) is 31.2 Å². The molecule has 4 aliphatic rings. The number of piperidine rings is 2. The van der Waals surface area contributed by atoms with Crippen LogP contribution in [0.2, 0.25) is 0 Å². The second-order valence-corrected chi connectivity index (χ2v) is 14.6. The van der Waals surface area contributed by atoms with Crippen molar-refractivity contribution in [1.82, 2.24) is 19.4 Å². The summed E-state index contributed by atoms with van der Waals surface area (Å²) in [5.41, 5.74) is 3.12. The summed E-state index contributed by atoms with van der Waals surface area (Å²) in [5, 5.41) is 11.5. The molecule has 1 aliphatic carbocycles. The predicted molar refractivity (Wildman–Crippen MR) is 177 cm³/mol. The zero-order valence-corrected chi connectivity index (χ0v) is 27.0. The Balaban J connectivity index is 1.04. The number of aryl methyl sites for hydroxylation is 1. The summed E-state index contributed by atoms with van der Waals surface area (Å²) in [6.07, 6.45) is 13.7. The van der Waals surface area contributed by atoms with E-state index >= 15 is 0 Å². The van der Waals surface area contributed by atoms with Crippen LogP contribution in [-0.2, 0) is 10.2 Å². The molecular formula is C38H52N4O2. The number of hydrogen-bond acceptors (Lipinski definition) is 4. The smallest absolute Gasteiger partial charge is 0.228 e. The van der Waals surface area contributed by atoms with Crippen molar-refractivity contribution < 1.29 is 9.90 Å². The molecule has 3 unspecified atom stereocenters. The molecule has 0 spiro atoms. The Labute approximate surface area is 263 Å². The molecule has 4 heterocycles. The number of amides is 1. The average molecular weight is 597 g/mol. The number of rotatable bonds is 8. The van der Waals surface area contributed by atoms with Gasteiger partial charge in [0.1, 0.15) is 5.82 Å². The Kier molecular flexibility index (Phi) is 8.34. The molecule has 2 aromatic carbocycles. The minimum absolute atomic E-state index is 0.0922. The van der Waals surface area contributed by atoms with Crippen molar-refractivity contribution in [2.75, 3.05) is 19.6 Å². The van der Waals surface area contributed by atoms with Crippen LogP contribution in [0.15, 0.2) is 54.6 Å². The molecule has 1 saturated carbocycles. The molecule has 2 bridgehead atoms. The van der Waals surface area contributed by atoms with Crippen LogP contribution in [0.1, 0.15) is 108 Å². The van der Waals surface area contributed by atoms with Gasteiger partial charge in [0.25, 0.3) is 0 Å². The molecule has 44 heavy (non-hydrogen) atoms. The van der Waals surface area contributed by atoms with Gasteiger partial charge in [-0.25, -0.2) is 4.98 Å². The van der Waals surface area contributed by atoms with E-state index in [1.165, 1.54) is 43.2 Å². The molecule has 0 radical (unpaired) electrons. The molecule has 3 aromatic rings. The topological polar surface area (TPSA) is 61.6 Å². The first kappa shape index (κ1) is 30.0. The number of benzene rings is 2. The lowest BCUT2D eigenvalue weighted by Gasteiger charge is -2.47. The fourth-order valence-electron chi connectivity index (χ4n) is 9.94. The monoisotopic (exact) mass is 596 g/mol. The van der Waals surface area contributed by atoms with Crippen molar-refractivity contribution in [1.29, 1.82) is 0 Å². The van der Waals surface area contributed by atoms with Crippen LogP contribution in [-0.4, -0.2) is 67.7 Å². The number of carbonyl (C=O) groups is 1. The number of fused-ring (bicyclic) bond motifs is 3. The number of imidazole rings is 1. The van der Waals surface area contributed by atoms with Crippen molar-refractivity contribution in [3.8, 4) is 0 Å². The van der Waals surface area contributed by atoms with E-state index < -0.39 is 5.60 Å². The number of nitrogens with zero attached hydrogens (tertiary/aromatic N) is 4. The molecule has 6 nitrogen and oxygen atoms in total. The van der Waals surface area contributed by atoms with Gasteiger partial charge in [-0.2, -0.15) is 0 Å². The highest BCUT2D eigenvalue weighted by atomic mass is 16.3. The van der Waals surface area contributed by atoms with Crippen LogP contribution in [0.4, 0.5) is 0 Å². The normalized spacial score (nSPS) is 27.4. The molecule has 3 aliphatic heterocycles. The Morgan fingerprint density at radius 1 is 0.909 bits per heavy atom. The molecule has 3 saturated heterocycles. The third-order valence-corrected chi connectivity index (χ3v) is 12.3. The fourth-order valence-corrected chi connectivity index (χ4v) is 9.94. The Bertz CT molecular complexity index is 1420. The van der Waals surface area contributed by atoms with E-state index in [1.807, 2.05) is 0 Å². The van der Waals surface area contributed by atoms with Gasteiger partial charge >= 0.3 is 0 Å². The largest absolute Gasteiger partial charge is 0.389 e. The first-order valence-corrected chi connectivity index (χ1v) is 17.7. The van der Waals surface area contributed by atoms with Crippen LogP contribution < -0.4 is 0 Å². The van der Waals surface area contributed by atoms with Crippen LogP contribution >= 0.6 is 0 Å². The third kappa shape index (κ3) is 5.40. The Morgan fingerprint density at radius 3 is 2.25 bits per heavy atom.